The van der Waals surface area contributed by atoms with Crippen LogP contribution in [-0.2, 0) is 10.2 Å². The zero-order valence-corrected chi connectivity index (χ0v) is 14.2. The van der Waals surface area contributed by atoms with Crippen LogP contribution in [0.5, 0.6) is 5.75 Å². The van der Waals surface area contributed by atoms with Crippen LogP contribution < -0.4 is 10.1 Å². The van der Waals surface area contributed by atoms with Gasteiger partial charge in [-0.1, -0.05) is 32.9 Å². The maximum Gasteiger partial charge on any atom is 0.220 e. The first-order chi connectivity index (χ1) is 9.84. The van der Waals surface area contributed by atoms with Gasteiger partial charge in [-0.05, 0) is 36.0 Å². The zero-order valence-electron chi connectivity index (χ0n) is 13.5. The van der Waals surface area contributed by atoms with E-state index in [4.69, 9.17) is 16.3 Å². The molecule has 1 aromatic carbocycles. The first kappa shape index (κ1) is 17.8. The molecule has 0 aliphatic rings. The Bertz CT molecular complexity index is 466. The minimum atomic E-state index is 0.0273. The van der Waals surface area contributed by atoms with Crippen LogP contribution in [0.4, 0.5) is 0 Å². The summed E-state index contributed by atoms with van der Waals surface area (Å²) in [5.74, 6) is 1.44. The summed E-state index contributed by atoms with van der Waals surface area (Å²) < 4.78 is 5.86. The van der Waals surface area contributed by atoms with Gasteiger partial charge < -0.3 is 10.1 Å². The van der Waals surface area contributed by atoms with E-state index in [9.17, 15) is 4.79 Å². The summed E-state index contributed by atoms with van der Waals surface area (Å²) in [6.07, 6.45) is 1.18. The van der Waals surface area contributed by atoms with Crippen molar-refractivity contribution in [1.82, 2.24) is 5.32 Å². The third-order valence-electron chi connectivity index (χ3n) is 3.16. The van der Waals surface area contributed by atoms with Crippen molar-refractivity contribution in [2.45, 2.75) is 46.0 Å². The number of amides is 1. The lowest BCUT2D eigenvalue weighted by Crippen LogP contribution is -2.28. The molecule has 0 saturated carbocycles. The van der Waals surface area contributed by atoms with Crippen molar-refractivity contribution in [1.29, 1.82) is 0 Å². The van der Waals surface area contributed by atoms with E-state index in [1.54, 1.807) is 0 Å². The Morgan fingerprint density at radius 1 is 1.33 bits per heavy atom. The molecule has 0 saturated heterocycles. The lowest BCUT2D eigenvalue weighted by molar-refractivity contribution is -0.121. The number of hydrogen-bond acceptors (Lipinski definition) is 2. The molecule has 0 heterocycles. The van der Waals surface area contributed by atoms with Crippen LogP contribution in [0.3, 0.4) is 0 Å². The van der Waals surface area contributed by atoms with E-state index in [1.807, 2.05) is 6.92 Å². The van der Waals surface area contributed by atoms with Crippen LogP contribution in [0.15, 0.2) is 18.2 Å². The van der Waals surface area contributed by atoms with E-state index in [0.717, 1.165) is 5.75 Å². The van der Waals surface area contributed by atoms with Crippen molar-refractivity contribution in [3.63, 3.8) is 0 Å². The molecule has 0 radical (unpaired) electrons. The monoisotopic (exact) mass is 311 g/mol. The summed E-state index contributed by atoms with van der Waals surface area (Å²) in [4.78, 5) is 11.5. The number of ether oxygens (including phenoxy) is 1. The van der Waals surface area contributed by atoms with Crippen molar-refractivity contribution in [2.24, 2.45) is 0 Å². The van der Waals surface area contributed by atoms with Crippen LogP contribution in [0.1, 0.15) is 44.7 Å². The largest absolute Gasteiger partial charge is 0.491 e. The molecule has 0 atom stereocenters. The fourth-order valence-corrected chi connectivity index (χ4v) is 2.17. The molecule has 1 aromatic rings. The molecular formula is C17H26ClNO2. The predicted molar refractivity (Wildman–Crippen MR) is 88.3 cm³/mol. The zero-order chi connectivity index (χ0) is 15.9. The minimum Gasteiger partial charge on any atom is -0.491 e. The third kappa shape index (κ3) is 6.38. The molecular weight excluding hydrogens is 286 g/mol. The van der Waals surface area contributed by atoms with Crippen molar-refractivity contribution in [2.75, 3.05) is 19.0 Å². The Morgan fingerprint density at radius 2 is 2.05 bits per heavy atom. The van der Waals surface area contributed by atoms with Crippen molar-refractivity contribution < 1.29 is 9.53 Å². The fourth-order valence-electron chi connectivity index (χ4n) is 2.04. The number of nitrogens with one attached hydrogen (secondary N) is 1. The first-order valence-electron chi connectivity index (χ1n) is 7.41. The maximum atomic E-state index is 11.5. The van der Waals surface area contributed by atoms with Gasteiger partial charge in [0.1, 0.15) is 12.4 Å². The molecule has 0 aliphatic carbocycles. The summed E-state index contributed by atoms with van der Waals surface area (Å²) in [7, 11) is 0. The molecule has 3 nitrogen and oxygen atoms in total. The van der Waals surface area contributed by atoms with Gasteiger partial charge in [0.05, 0.1) is 6.54 Å². The first-order valence-corrected chi connectivity index (χ1v) is 7.94. The van der Waals surface area contributed by atoms with Gasteiger partial charge in [-0.3, -0.25) is 4.79 Å². The Labute approximate surface area is 133 Å². The Hall–Kier alpha value is -1.22. The van der Waals surface area contributed by atoms with Crippen LogP contribution in [0.2, 0.25) is 0 Å². The molecule has 0 bridgehead atoms. The van der Waals surface area contributed by atoms with Gasteiger partial charge in [-0.15, -0.1) is 11.6 Å². The number of aryl methyl sites for hydroxylation is 1. The van der Waals surface area contributed by atoms with Gasteiger partial charge in [0.25, 0.3) is 0 Å². The standard InChI is InChI=1S/C17H26ClNO2/c1-13-7-8-14(17(2,3)4)15(12-13)21-11-10-19-16(20)6-5-9-18/h7-8,12H,5-6,9-11H2,1-4H3,(H,19,20). The highest BCUT2D eigenvalue weighted by molar-refractivity contribution is 6.17. The Morgan fingerprint density at radius 3 is 2.67 bits per heavy atom. The third-order valence-corrected chi connectivity index (χ3v) is 3.43. The van der Waals surface area contributed by atoms with Gasteiger partial charge in [0.15, 0.2) is 0 Å². The second kappa shape index (κ2) is 8.28. The molecule has 0 fully saturated rings. The van der Waals surface area contributed by atoms with E-state index in [-0.39, 0.29) is 11.3 Å². The quantitative estimate of drug-likeness (QED) is 0.614. The normalized spacial score (nSPS) is 11.3. The van der Waals surface area contributed by atoms with Crippen molar-refractivity contribution >= 4 is 17.5 Å². The summed E-state index contributed by atoms with van der Waals surface area (Å²) in [5.41, 5.74) is 2.39. The number of benzene rings is 1. The maximum absolute atomic E-state index is 11.5. The van der Waals surface area contributed by atoms with E-state index >= 15 is 0 Å². The van der Waals surface area contributed by atoms with Crippen LogP contribution in [0, 0.1) is 6.92 Å². The summed E-state index contributed by atoms with van der Waals surface area (Å²) >= 11 is 5.56. The highest BCUT2D eigenvalue weighted by Gasteiger charge is 2.18. The van der Waals surface area contributed by atoms with Gasteiger partial charge in [-0.2, -0.15) is 0 Å². The SMILES string of the molecule is Cc1ccc(C(C)(C)C)c(OCCNC(=O)CCCCl)c1. The number of carbonyl (C=O) groups is 1. The lowest BCUT2D eigenvalue weighted by atomic mass is 9.86. The highest BCUT2D eigenvalue weighted by Crippen LogP contribution is 2.31. The minimum absolute atomic E-state index is 0.0273. The Balaban J connectivity index is 2.52. The van der Waals surface area contributed by atoms with Crippen LogP contribution in [-0.4, -0.2) is 24.9 Å². The van der Waals surface area contributed by atoms with E-state index in [0.29, 0.717) is 31.9 Å². The van der Waals surface area contributed by atoms with Crippen molar-refractivity contribution in [3.05, 3.63) is 29.3 Å². The number of hydrogen-bond donors (Lipinski definition) is 1. The predicted octanol–water partition coefficient (Wildman–Crippen LogP) is 3.81. The summed E-state index contributed by atoms with van der Waals surface area (Å²) in [6, 6.07) is 6.26. The van der Waals surface area contributed by atoms with E-state index in [2.05, 4.69) is 44.3 Å². The molecule has 1 amide bonds. The van der Waals surface area contributed by atoms with Gasteiger partial charge in [-0.25, -0.2) is 0 Å². The average Bonchev–Trinajstić information content (AvgIpc) is 2.40. The molecule has 4 heteroatoms. The molecule has 0 unspecified atom stereocenters. The number of halogens is 1. The van der Waals surface area contributed by atoms with Gasteiger partial charge >= 0.3 is 0 Å². The second-order valence-corrected chi connectivity index (χ2v) is 6.62. The van der Waals surface area contributed by atoms with Gasteiger partial charge in [0, 0.05) is 12.3 Å². The molecule has 21 heavy (non-hydrogen) atoms. The molecule has 0 spiro atoms. The molecule has 118 valence electrons. The highest BCUT2D eigenvalue weighted by atomic mass is 35.5. The molecule has 1 rings (SSSR count). The molecule has 0 aromatic heterocycles. The van der Waals surface area contributed by atoms with Gasteiger partial charge in [0.2, 0.25) is 5.91 Å². The Kier molecular flexibility index (Phi) is 7.03. The van der Waals surface area contributed by atoms with E-state index < -0.39 is 0 Å². The molecule has 0 aliphatic heterocycles. The smallest absolute Gasteiger partial charge is 0.220 e. The summed E-state index contributed by atoms with van der Waals surface area (Å²) in [5, 5.41) is 2.84. The van der Waals surface area contributed by atoms with E-state index in [1.165, 1.54) is 11.1 Å². The average molecular weight is 312 g/mol. The van der Waals surface area contributed by atoms with Crippen LogP contribution >= 0.6 is 11.6 Å². The fraction of sp³-hybridized carbons (Fsp3) is 0.588. The second-order valence-electron chi connectivity index (χ2n) is 6.24. The summed E-state index contributed by atoms with van der Waals surface area (Å²) in [6.45, 7) is 9.53. The number of rotatable bonds is 7. The van der Waals surface area contributed by atoms with Crippen LogP contribution in [0.25, 0.3) is 0 Å². The van der Waals surface area contributed by atoms with Crippen molar-refractivity contribution in [3.8, 4) is 5.75 Å². The number of alkyl halides is 1. The number of carbonyl (C=O) groups excluding carboxylic acids is 1. The lowest BCUT2D eigenvalue weighted by Gasteiger charge is -2.23. The molecule has 1 N–H and O–H groups in total. The topological polar surface area (TPSA) is 38.3 Å².